The lowest BCUT2D eigenvalue weighted by atomic mass is 10.1. The van der Waals surface area contributed by atoms with Crippen LogP contribution in [0.25, 0.3) is 0 Å². The number of pyridine rings is 1. The Labute approximate surface area is 111 Å². The SMILES string of the molecule is Fc1cccnc1Nc1cccc(CCCCl)c1. The number of halogens is 2. The fourth-order valence-electron chi connectivity index (χ4n) is 1.69. The minimum absolute atomic E-state index is 0.243. The summed E-state index contributed by atoms with van der Waals surface area (Å²) in [7, 11) is 0. The van der Waals surface area contributed by atoms with Crippen molar-refractivity contribution in [3.63, 3.8) is 0 Å². The minimum atomic E-state index is -0.358. The largest absolute Gasteiger partial charge is 0.338 e. The highest BCUT2D eigenvalue weighted by Gasteiger charge is 2.03. The molecule has 0 spiro atoms. The van der Waals surface area contributed by atoms with Crippen LogP contribution < -0.4 is 5.32 Å². The van der Waals surface area contributed by atoms with Crippen LogP contribution in [0.3, 0.4) is 0 Å². The van der Waals surface area contributed by atoms with E-state index >= 15 is 0 Å². The average Bonchev–Trinajstić information content (AvgIpc) is 2.40. The van der Waals surface area contributed by atoms with E-state index in [1.165, 1.54) is 11.6 Å². The van der Waals surface area contributed by atoms with E-state index in [2.05, 4.69) is 10.3 Å². The summed E-state index contributed by atoms with van der Waals surface area (Å²) < 4.78 is 13.4. The third-order valence-corrected chi connectivity index (χ3v) is 2.81. The van der Waals surface area contributed by atoms with E-state index in [1.807, 2.05) is 24.3 Å². The first-order chi connectivity index (χ1) is 8.79. The van der Waals surface area contributed by atoms with Gasteiger partial charge in [0.25, 0.3) is 0 Å². The van der Waals surface area contributed by atoms with E-state index in [-0.39, 0.29) is 11.6 Å². The second-order valence-electron chi connectivity index (χ2n) is 3.95. The van der Waals surface area contributed by atoms with Crippen molar-refractivity contribution in [3.8, 4) is 0 Å². The summed E-state index contributed by atoms with van der Waals surface area (Å²) in [4.78, 5) is 3.96. The van der Waals surface area contributed by atoms with Crippen LogP contribution in [0.4, 0.5) is 15.9 Å². The van der Waals surface area contributed by atoms with E-state index in [1.54, 1.807) is 12.3 Å². The van der Waals surface area contributed by atoms with Gasteiger partial charge in [-0.05, 0) is 42.7 Å². The number of nitrogens with one attached hydrogen (secondary N) is 1. The Balaban J connectivity index is 2.12. The van der Waals surface area contributed by atoms with Crippen LogP contribution in [-0.4, -0.2) is 10.9 Å². The van der Waals surface area contributed by atoms with Gasteiger partial charge in [-0.3, -0.25) is 0 Å². The summed E-state index contributed by atoms with van der Waals surface area (Å²) in [6.07, 6.45) is 3.41. The predicted octanol–water partition coefficient (Wildman–Crippen LogP) is 4.14. The van der Waals surface area contributed by atoms with Crippen LogP contribution >= 0.6 is 11.6 Å². The van der Waals surface area contributed by atoms with Gasteiger partial charge in [0.05, 0.1) is 0 Å². The number of alkyl halides is 1. The number of anilines is 2. The highest BCUT2D eigenvalue weighted by Crippen LogP contribution is 2.18. The van der Waals surface area contributed by atoms with Gasteiger partial charge < -0.3 is 5.32 Å². The molecule has 0 saturated heterocycles. The zero-order valence-electron chi connectivity index (χ0n) is 9.87. The molecule has 0 saturated carbocycles. The number of aromatic nitrogens is 1. The van der Waals surface area contributed by atoms with Gasteiger partial charge in [-0.1, -0.05) is 12.1 Å². The fraction of sp³-hybridized carbons (Fsp3) is 0.214. The molecule has 0 unspecified atom stereocenters. The molecule has 1 aromatic carbocycles. The Morgan fingerprint density at radius 2 is 2.11 bits per heavy atom. The zero-order valence-corrected chi connectivity index (χ0v) is 10.6. The van der Waals surface area contributed by atoms with Gasteiger partial charge >= 0.3 is 0 Å². The molecule has 0 aliphatic rings. The van der Waals surface area contributed by atoms with Crippen LogP contribution in [0.2, 0.25) is 0 Å². The molecule has 0 fully saturated rings. The van der Waals surface area contributed by atoms with E-state index < -0.39 is 0 Å². The maximum Gasteiger partial charge on any atom is 0.166 e. The summed E-state index contributed by atoms with van der Waals surface area (Å²) in [5, 5.41) is 2.97. The third-order valence-electron chi connectivity index (χ3n) is 2.55. The molecule has 0 radical (unpaired) electrons. The molecule has 0 aliphatic heterocycles. The van der Waals surface area contributed by atoms with Gasteiger partial charge in [0.2, 0.25) is 0 Å². The molecule has 2 rings (SSSR count). The lowest BCUT2D eigenvalue weighted by molar-refractivity contribution is 0.626. The highest BCUT2D eigenvalue weighted by molar-refractivity contribution is 6.17. The van der Waals surface area contributed by atoms with Crippen LogP contribution in [0.1, 0.15) is 12.0 Å². The summed E-state index contributed by atoms with van der Waals surface area (Å²) in [5.41, 5.74) is 2.01. The normalized spacial score (nSPS) is 10.3. The second kappa shape index (κ2) is 6.36. The van der Waals surface area contributed by atoms with Crippen LogP contribution in [0.5, 0.6) is 0 Å². The Bertz CT molecular complexity index is 517. The van der Waals surface area contributed by atoms with Crippen molar-refractivity contribution in [3.05, 3.63) is 54.0 Å². The van der Waals surface area contributed by atoms with Gasteiger partial charge in [-0.2, -0.15) is 0 Å². The van der Waals surface area contributed by atoms with Crippen molar-refractivity contribution in [2.75, 3.05) is 11.2 Å². The van der Waals surface area contributed by atoms with Crippen molar-refractivity contribution < 1.29 is 4.39 Å². The van der Waals surface area contributed by atoms with E-state index in [9.17, 15) is 4.39 Å². The Hall–Kier alpha value is -1.61. The summed E-state index contributed by atoms with van der Waals surface area (Å²) in [6, 6.07) is 10.8. The van der Waals surface area contributed by atoms with Crippen LogP contribution in [0, 0.1) is 5.82 Å². The number of hydrogen-bond acceptors (Lipinski definition) is 2. The summed E-state index contributed by atoms with van der Waals surface area (Å²) in [6.45, 7) is 0. The topological polar surface area (TPSA) is 24.9 Å². The van der Waals surface area contributed by atoms with E-state index in [0.29, 0.717) is 5.88 Å². The molecule has 94 valence electrons. The highest BCUT2D eigenvalue weighted by atomic mass is 35.5. The van der Waals surface area contributed by atoms with Crippen molar-refractivity contribution in [1.82, 2.24) is 4.98 Å². The number of nitrogens with zero attached hydrogens (tertiary/aromatic N) is 1. The molecule has 2 nitrogen and oxygen atoms in total. The van der Waals surface area contributed by atoms with Gasteiger partial charge in [0, 0.05) is 17.8 Å². The van der Waals surface area contributed by atoms with Gasteiger partial charge in [0.1, 0.15) is 0 Å². The molecular formula is C14H14ClFN2. The molecule has 1 heterocycles. The number of rotatable bonds is 5. The van der Waals surface area contributed by atoms with E-state index in [4.69, 9.17) is 11.6 Å². The average molecular weight is 265 g/mol. The molecular weight excluding hydrogens is 251 g/mol. The van der Waals surface area contributed by atoms with Gasteiger partial charge in [0.15, 0.2) is 11.6 Å². The van der Waals surface area contributed by atoms with Crippen LogP contribution in [0.15, 0.2) is 42.6 Å². The minimum Gasteiger partial charge on any atom is -0.338 e. The number of hydrogen-bond donors (Lipinski definition) is 1. The van der Waals surface area contributed by atoms with Gasteiger partial charge in [-0.25, -0.2) is 9.37 Å². The van der Waals surface area contributed by atoms with Crippen molar-refractivity contribution in [2.24, 2.45) is 0 Å². The van der Waals surface area contributed by atoms with Crippen molar-refractivity contribution in [1.29, 1.82) is 0 Å². The smallest absolute Gasteiger partial charge is 0.166 e. The maximum absolute atomic E-state index is 13.4. The van der Waals surface area contributed by atoms with Gasteiger partial charge in [-0.15, -0.1) is 11.6 Å². The summed E-state index contributed by atoms with van der Waals surface area (Å²) in [5.74, 6) is 0.530. The molecule has 1 N–H and O–H groups in total. The van der Waals surface area contributed by atoms with Crippen molar-refractivity contribution >= 4 is 23.1 Å². The quantitative estimate of drug-likeness (QED) is 0.821. The fourth-order valence-corrected chi connectivity index (χ4v) is 1.82. The third kappa shape index (κ3) is 3.44. The first kappa shape index (κ1) is 12.8. The molecule has 0 bridgehead atoms. The second-order valence-corrected chi connectivity index (χ2v) is 4.33. The number of aryl methyl sites for hydroxylation is 1. The monoisotopic (exact) mass is 264 g/mol. The molecule has 1 aromatic heterocycles. The molecule has 4 heteroatoms. The lowest BCUT2D eigenvalue weighted by Crippen LogP contribution is -1.97. The Kier molecular flexibility index (Phi) is 4.53. The Morgan fingerprint density at radius 3 is 2.89 bits per heavy atom. The Morgan fingerprint density at radius 1 is 1.22 bits per heavy atom. The molecule has 0 amide bonds. The zero-order chi connectivity index (χ0) is 12.8. The lowest BCUT2D eigenvalue weighted by Gasteiger charge is -2.08. The number of benzene rings is 1. The first-order valence-corrected chi connectivity index (χ1v) is 6.35. The van der Waals surface area contributed by atoms with Crippen molar-refractivity contribution in [2.45, 2.75) is 12.8 Å². The molecule has 2 aromatic rings. The predicted molar refractivity (Wildman–Crippen MR) is 73.0 cm³/mol. The molecule has 0 aliphatic carbocycles. The first-order valence-electron chi connectivity index (χ1n) is 5.82. The van der Waals surface area contributed by atoms with Crippen LogP contribution in [-0.2, 0) is 6.42 Å². The maximum atomic E-state index is 13.4. The van der Waals surface area contributed by atoms with E-state index in [0.717, 1.165) is 18.5 Å². The molecule has 18 heavy (non-hydrogen) atoms. The molecule has 0 atom stereocenters. The summed E-state index contributed by atoms with van der Waals surface area (Å²) >= 11 is 5.67. The standard InChI is InChI=1S/C14H14ClFN2/c15-8-2-5-11-4-1-6-12(10-11)18-14-13(16)7-3-9-17-14/h1,3-4,6-7,9-10H,2,5,8H2,(H,17,18).